The van der Waals surface area contributed by atoms with Crippen LogP contribution in [0.4, 0.5) is 5.82 Å². The third-order valence-corrected chi connectivity index (χ3v) is 4.75. The third-order valence-electron chi connectivity index (χ3n) is 4.75. The number of nitrogens with one attached hydrogen (secondary N) is 1. The van der Waals surface area contributed by atoms with Gasteiger partial charge in [-0.1, -0.05) is 0 Å². The number of aromatic amines is 1. The number of nitrogens with zero attached hydrogens (tertiary/aromatic N) is 4. The maximum atomic E-state index is 12.4. The van der Waals surface area contributed by atoms with Gasteiger partial charge in [0.05, 0.1) is 17.3 Å². The van der Waals surface area contributed by atoms with E-state index >= 15 is 0 Å². The van der Waals surface area contributed by atoms with Gasteiger partial charge in [-0.2, -0.15) is 5.10 Å². The number of anilines is 1. The van der Waals surface area contributed by atoms with Crippen molar-refractivity contribution in [2.45, 2.75) is 24.8 Å². The molecule has 1 N–H and O–H groups in total. The van der Waals surface area contributed by atoms with E-state index < -0.39 is 0 Å². The van der Waals surface area contributed by atoms with Gasteiger partial charge in [-0.15, -0.1) is 5.10 Å². The van der Waals surface area contributed by atoms with Crippen molar-refractivity contribution < 1.29 is 4.79 Å². The van der Waals surface area contributed by atoms with E-state index in [9.17, 15) is 9.59 Å². The molecule has 24 heavy (non-hydrogen) atoms. The van der Waals surface area contributed by atoms with Crippen molar-refractivity contribution >= 4 is 11.7 Å². The van der Waals surface area contributed by atoms with Gasteiger partial charge in [-0.25, -0.2) is 0 Å². The number of rotatable bonds is 4. The first-order valence-electron chi connectivity index (χ1n) is 8.16. The van der Waals surface area contributed by atoms with Crippen LogP contribution in [0.2, 0.25) is 0 Å². The Bertz CT molecular complexity index is 786. The predicted octanol–water partition coefficient (Wildman–Crippen LogP) is 1.00. The molecule has 1 aliphatic heterocycles. The zero-order chi connectivity index (χ0) is 16.7. The highest BCUT2D eigenvalue weighted by molar-refractivity contribution is 5.94. The number of hydrogen-bond acceptors (Lipinski definition) is 5. The molecule has 3 heterocycles. The van der Waals surface area contributed by atoms with Crippen molar-refractivity contribution in [1.82, 2.24) is 20.1 Å². The molecule has 7 nitrogen and oxygen atoms in total. The molecule has 0 bridgehead atoms. The minimum atomic E-state index is -0.211. The van der Waals surface area contributed by atoms with E-state index in [1.54, 1.807) is 18.0 Å². The van der Waals surface area contributed by atoms with E-state index in [1.165, 1.54) is 25.1 Å². The number of likely N-dealkylation sites (N-methyl/N-ethyl adjacent to an activating group) is 1. The molecule has 0 aromatic carbocycles. The second-order valence-electron chi connectivity index (χ2n) is 6.51. The maximum Gasteiger partial charge on any atom is 0.255 e. The van der Waals surface area contributed by atoms with E-state index in [4.69, 9.17) is 0 Å². The lowest BCUT2D eigenvalue weighted by molar-refractivity contribution is 0.0704. The first-order chi connectivity index (χ1) is 11.6. The molecule has 4 rings (SSSR count). The number of carbonyl (C=O) groups is 1. The van der Waals surface area contributed by atoms with Crippen LogP contribution in [-0.4, -0.2) is 52.2 Å². The molecule has 2 aliphatic rings. The number of carbonyl (C=O) groups excluding carboxylic acids is 1. The Morgan fingerprint density at radius 2 is 2.00 bits per heavy atom. The molecule has 1 amide bonds. The lowest BCUT2D eigenvalue weighted by Crippen LogP contribution is -2.60. The zero-order valence-electron chi connectivity index (χ0n) is 13.5. The van der Waals surface area contributed by atoms with Gasteiger partial charge in [-0.3, -0.25) is 9.59 Å². The highest BCUT2D eigenvalue weighted by atomic mass is 16.2. The van der Waals surface area contributed by atoms with Crippen LogP contribution in [0, 0.1) is 0 Å². The quantitative estimate of drug-likeness (QED) is 0.907. The summed E-state index contributed by atoms with van der Waals surface area (Å²) in [6.07, 6.45) is 3.90. The summed E-state index contributed by atoms with van der Waals surface area (Å²) in [6, 6.07) is 7.12. The highest BCUT2D eigenvalue weighted by Crippen LogP contribution is 2.38. The summed E-state index contributed by atoms with van der Waals surface area (Å²) in [4.78, 5) is 29.9. The molecule has 124 valence electrons. The van der Waals surface area contributed by atoms with E-state index in [0.717, 1.165) is 24.6 Å². The molecule has 1 saturated carbocycles. The Balaban J connectivity index is 1.36. The molecule has 1 saturated heterocycles. The van der Waals surface area contributed by atoms with Crippen molar-refractivity contribution in [2.75, 3.05) is 25.0 Å². The van der Waals surface area contributed by atoms with Gasteiger partial charge in [0.2, 0.25) is 5.56 Å². The second kappa shape index (κ2) is 5.74. The highest BCUT2D eigenvalue weighted by Gasteiger charge is 2.34. The van der Waals surface area contributed by atoms with Gasteiger partial charge in [-0.05, 0) is 31.0 Å². The van der Waals surface area contributed by atoms with Gasteiger partial charge >= 0.3 is 0 Å². The fourth-order valence-corrected chi connectivity index (χ4v) is 2.90. The Kier molecular flexibility index (Phi) is 3.55. The van der Waals surface area contributed by atoms with Crippen molar-refractivity contribution in [3.8, 4) is 0 Å². The van der Waals surface area contributed by atoms with Gasteiger partial charge in [0, 0.05) is 38.3 Å². The summed E-state index contributed by atoms with van der Waals surface area (Å²) >= 11 is 0. The summed E-state index contributed by atoms with van der Waals surface area (Å²) in [5.74, 6) is 1.38. The lowest BCUT2D eigenvalue weighted by Gasteiger charge is -2.44. The van der Waals surface area contributed by atoms with Crippen molar-refractivity contribution in [3.05, 3.63) is 52.1 Å². The summed E-state index contributed by atoms with van der Waals surface area (Å²) in [6.45, 7) is 1.48. The molecular weight excluding hydrogens is 306 g/mol. The Morgan fingerprint density at radius 1 is 1.21 bits per heavy atom. The van der Waals surface area contributed by atoms with Crippen LogP contribution in [-0.2, 0) is 0 Å². The number of hydrogen-bond donors (Lipinski definition) is 1. The average Bonchev–Trinajstić information content (AvgIpc) is 3.39. The molecule has 0 radical (unpaired) electrons. The second-order valence-corrected chi connectivity index (χ2v) is 6.51. The van der Waals surface area contributed by atoms with Crippen LogP contribution in [0.5, 0.6) is 0 Å². The lowest BCUT2D eigenvalue weighted by atomic mass is 10.1. The molecule has 2 aromatic heterocycles. The molecule has 2 fully saturated rings. The Hall–Kier alpha value is -2.70. The predicted molar refractivity (Wildman–Crippen MR) is 89.2 cm³/mol. The van der Waals surface area contributed by atoms with E-state index in [0.29, 0.717) is 11.5 Å². The van der Waals surface area contributed by atoms with Gasteiger partial charge in [0.1, 0.15) is 0 Å². The summed E-state index contributed by atoms with van der Waals surface area (Å²) in [5, 5.41) is 8.60. The summed E-state index contributed by atoms with van der Waals surface area (Å²) in [7, 11) is 1.79. The van der Waals surface area contributed by atoms with Gasteiger partial charge < -0.3 is 14.8 Å². The third kappa shape index (κ3) is 2.77. The fraction of sp³-hybridized carbons (Fsp3) is 0.412. The number of aromatic nitrogens is 3. The van der Waals surface area contributed by atoms with Crippen LogP contribution in [0.25, 0.3) is 0 Å². The van der Waals surface area contributed by atoms with Crippen LogP contribution in [0.1, 0.15) is 34.8 Å². The summed E-state index contributed by atoms with van der Waals surface area (Å²) in [5.41, 5.74) is 1.36. The Labute approximate surface area is 139 Å². The average molecular weight is 325 g/mol. The fourth-order valence-electron chi connectivity index (χ4n) is 2.90. The van der Waals surface area contributed by atoms with Crippen LogP contribution >= 0.6 is 0 Å². The molecule has 2 aromatic rings. The topological polar surface area (TPSA) is 82.2 Å². The normalized spacial score (nSPS) is 17.5. The van der Waals surface area contributed by atoms with E-state index in [2.05, 4.69) is 26.1 Å². The number of H-pyrrole nitrogens is 1. The van der Waals surface area contributed by atoms with Crippen molar-refractivity contribution in [1.29, 1.82) is 0 Å². The molecule has 1 aliphatic carbocycles. The first kappa shape index (κ1) is 14.9. The van der Waals surface area contributed by atoms with E-state index in [1.807, 2.05) is 6.07 Å². The molecule has 7 heteroatoms. The standard InChI is InChI=1S/C17H19N5O2/c1-21(17(24)12-4-7-16(23)18-8-12)13-9-22(10-13)15-6-5-14(19-20-15)11-2-3-11/h4-8,11,13H,2-3,9-10H2,1H3,(H,18,23). The Morgan fingerprint density at radius 3 is 2.58 bits per heavy atom. The SMILES string of the molecule is CN(C(=O)c1ccc(=O)[nH]c1)C1CN(c2ccc(C3CC3)nn2)C1. The van der Waals surface area contributed by atoms with E-state index in [-0.39, 0.29) is 17.5 Å². The number of amides is 1. The van der Waals surface area contributed by atoms with Gasteiger partial charge in [0.25, 0.3) is 5.91 Å². The van der Waals surface area contributed by atoms with Crippen LogP contribution in [0.15, 0.2) is 35.3 Å². The molecule has 0 spiro atoms. The van der Waals surface area contributed by atoms with Crippen LogP contribution in [0.3, 0.4) is 0 Å². The van der Waals surface area contributed by atoms with Crippen molar-refractivity contribution in [3.63, 3.8) is 0 Å². The molecular formula is C17H19N5O2. The minimum Gasteiger partial charge on any atom is -0.351 e. The first-order valence-corrected chi connectivity index (χ1v) is 8.16. The van der Waals surface area contributed by atoms with Crippen LogP contribution < -0.4 is 10.5 Å². The smallest absolute Gasteiger partial charge is 0.255 e. The molecule has 0 unspecified atom stereocenters. The summed E-state index contributed by atoms with van der Waals surface area (Å²) < 4.78 is 0. The minimum absolute atomic E-state index is 0.0916. The maximum absolute atomic E-state index is 12.4. The monoisotopic (exact) mass is 325 g/mol. The largest absolute Gasteiger partial charge is 0.351 e. The molecule has 0 atom stereocenters. The van der Waals surface area contributed by atoms with Crippen molar-refractivity contribution in [2.24, 2.45) is 0 Å². The zero-order valence-corrected chi connectivity index (χ0v) is 13.5. The van der Waals surface area contributed by atoms with Gasteiger partial charge in [0.15, 0.2) is 5.82 Å². The number of pyridine rings is 1.